The van der Waals surface area contributed by atoms with E-state index in [1.807, 2.05) is 54.2 Å². The van der Waals surface area contributed by atoms with Crippen molar-refractivity contribution < 1.29 is 9.59 Å². The third-order valence-corrected chi connectivity index (χ3v) is 4.29. The lowest BCUT2D eigenvalue weighted by Gasteiger charge is -2.34. The molecule has 0 spiro atoms. The molecule has 1 aromatic carbocycles. The van der Waals surface area contributed by atoms with Gasteiger partial charge in [-0.2, -0.15) is 0 Å². The van der Waals surface area contributed by atoms with Crippen molar-refractivity contribution in [3.8, 4) is 0 Å². The highest BCUT2D eigenvalue weighted by atomic mass is 16.2. The second-order valence-electron chi connectivity index (χ2n) is 6.11. The van der Waals surface area contributed by atoms with Gasteiger partial charge in [0.05, 0.1) is 0 Å². The molecule has 2 amide bonds. The van der Waals surface area contributed by atoms with Gasteiger partial charge in [0.1, 0.15) is 5.69 Å². The molecule has 0 aliphatic carbocycles. The van der Waals surface area contributed by atoms with Crippen LogP contribution in [0.5, 0.6) is 0 Å². The predicted octanol–water partition coefficient (Wildman–Crippen LogP) is 1.68. The van der Waals surface area contributed by atoms with Crippen LogP contribution >= 0.6 is 0 Å². The Hall–Kier alpha value is -2.76. The first-order chi connectivity index (χ1) is 11.6. The van der Waals surface area contributed by atoms with E-state index in [0.29, 0.717) is 37.4 Å². The van der Waals surface area contributed by atoms with Gasteiger partial charge in [-0.1, -0.05) is 6.07 Å². The van der Waals surface area contributed by atoms with E-state index in [1.54, 1.807) is 17.2 Å². The molecule has 0 atom stereocenters. The average Bonchev–Trinajstić information content (AvgIpc) is 3.15. The van der Waals surface area contributed by atoms with E-state index in [0.717, 1.165) is 5.69 Å². The van der Waals surface area contributed by atoms with Crippen LogP contribution in [-0.4, -0.2) is 66.9 Å². The Morgan fingerprint density at radius 3 is 2.21 bits per heavy atom. The minimum atomic E-state index is -0.0123. The number of nitrogens with zero attached hydrogens (tertiary/aromatic N) is 3. The lowest BCUT2D eigenvalue weighted by atomic mass is 10.1. The average molecular weight is 326 g/mol. The molecule has 1 aromatic heterocycles. The number of carbonyl (C=O) groups is 2. The van der Waals surface area contributed by atoms with Gasteiger partial charge in [0, 0.05) is 57.7 Å². The van der Waals surface area contributed by atoms with E-state index in [-0.39, 0.29) is 11.8 Å². The van der Waals surface area contributed by atoms with Gasteiger partial charge < -0.3 is 19.7 Å². The van der Waals surface area contributed by atoms with Crippen molar-refractivity contribution in [2.45, 2.75) is 0 Å². The number of rotatable bonds is 3. The fraction of sp³-hybridized carbons (Fsp3) is 0.333. The number of anilines is 1. The molecule has 6 heteroatoms. The second-order valence-corrected chi connectivity index (χ2v) is 6.11. The van der Waals surface area contributed by atoms with Crippen LogP contribution in [-0.2, 0) is 0 Å². The van der Waals surface area contributed by atoms with Gasteiger partial charge in [-0.15, -0.1) is 0 Å². The van der Waals surface area contributed by atoms with E-state index in [9.17, 15) is 9.59 Å². The van der Waals surface area contributed by atoms with Gasteiger partial charge >= 0.3 is 0 Å². The third kappa shape index (κ3) is 3.27. The number of hydrogen-bond acceptors (Lipinski definition) is 3. The van der Waals surface area contributed by atoms with Crippen LogP contribution in [0.4, 0.5) is 5.69 Å². The minimum absolute atomic E-state index is 0.0123. The molecule has 24 heavy (non-hydrogen) atoms. The van der Waals surface area contributed by atoms with Crippen LogP contribution in [0.3, 0.4) is 0 Å². The van der Waals surface area contributed by atoms with Crippen LogP contribution in [0, 0.1) is 0 Å². The van der Waals surface area contributed by atoms with Crippen molar-refractivity contribution in [1.82, 2.24) is 14.8 Å². The van der Waals surface area contributed by atoms with Crippen LogP contribution in [0.2, 0.25) is 0 Å². The van der Waals surface area contributed by atoms with Crippen LogP contribution in [0.1, 0.15) is 20.8 Å². The maximum atomic E-state index is 12.7. The number of aromatic amines is 1. The van der Waals surface area contributed by atoms with Crippen molar-refractivity contribution in [2.75, 3.05) is 45.2 Å². The number of H-pyrrole nitrogens is 1. The monoisotopic (exact) mass is 326 g/mol. The molecule has 1 fully saturated rings. The van der Waals surface area contributed by atoms with E-state index >= 15 is 0 Å². The molecule has 0 bridgehead atoms. The molecule has 0 unspecified atom stereocenters. The summed E-state index contributed by atoms with van der Waals surface area (Å²) in [5.41, 5.74) is 2.28. The lowest BCUT2D eigenvalue weighted by Crippen LogP contribution is -2.50. The Labute approximate surface area is 141 Å². The SMILES string of the molecule is CN(C)c1cccc(C(=O)N2CCN(C(=O)c3ccc[nH]3)CC2)c1. The molecular formula is C18H22N4O2. The molecule has 0 saturated carbocycles. The standard InChI is InChI=1S/C18H22N4O2/c1-20(2)15-6-3-5-14(13-15)17(23)21-9-11-22(12-10-21)18(24)16-7-4-8-19-16/h3-8,13,19H,9-12H2,1-2H3. The van der Waals surface area contributed by atoms with E-state index < -0.39 is 0 Å². The molecule has 3 rings (SSSR count). The molecule has 1 aliphatic rings. The number of piperazine rings is 1. The zero-order valence-electron chi connectivity index (χ0n) is 14.0. The summed E-state index contributed by atoms with van der Waals surface area (Å²) in [6.45, 7) is 2.21. The van der Waals surface area contributed by atoms with Gasteiger partial charge in [-0.3, -0.25) is 9.59 Å². The van der Waals surface area contributed by atoms with Crippen LogP contribution in [0.25, 0.3) is 0 Å². The number of nitrogens with one attached hydrogen (secondary N) is 1. The van der Waals surface area contributed by atoms with Crippen molar-refractivity contribution >= 4 is 17.5 Å². The topological polar surface area (TPSA) is 59.7 Å². The minimum Gasteiger partial charge on any atom is -0.378 e. The molecule has 1 N–H and O–H groups in total. The largest absolute Gasteiger partial charge is 0.378 e. The van der Waals surface area contributed by atoms with Crippen LogP contribution < -0.4 is 4.90 Å². The van der Waals surface area contributed by atoms with Gasteiger partial charge in [-0.25, -0.2) is 0 Å². The first kappa shape index (κ1) is 16.1. The Kier molecular flexibility index (Phi) is 4.55. The van der Waals surface area contributed by atoms with E-state index in [4.69, 9.17) is 0 Å². The first-order valence-corrected chi connectivity index (χ1v) is 8.05. The van der Waals surface area contributed by atoms with Gasteiger partial charge in [0.15, 0.2) is 0 Å². The number of amides is 2. The summed E-state index contributed by atoms with van der Waals surface area (Å²) >= 11 is 0. The molecule has 1 saturated heterocycles. The summed E-state index contributed by atoms with van der Waals surface area (Å²) in [5, 5.41) is 0. The Morgan fingerprint density at radius 2 is 1.62 bits per heavy atom. The quantitative estimate of drug-likeness (QED) is 0.933. The maximum Gasteiger partial charge on any atom is 0.270 e. The summed E-state index contributed by atoms with van der Waals surface area (Å²) in [6, 6.07) is 11.2. The summed E-state index contributed by atoms with van der Waals surface area (Å²) in [6.07, 6.45) is 1.74. The van der Waals surface area contributed by atoms with Gasteiger partial charge in [0.2, 0.25) is 0 Å². The number of benzene rings is 1. The number of aromatic nitrogens is 1. The second kappa shape index (κ2) is 6.78. The van der Waals surface area contributed by atoms with Crippen molar-refractivity contribution in [1.29, 1.82) is 0 Å². The molecule has 1 aliphatic heterocycles. The number of carbonyl (C=O) groups excluding carboxylic acids is 2. The Balaban J connectivity index is 1.63. The smallest absolute Gasteiger partial charge is 0.270 e. The summed E-state index contributed by atoms with van der Waals surface area (Å²) in [4.78, 5) is 33.5. The molecular weight excluding hydrogens is 304 g/mol. The fourth-order valence-corrected chi connectivity index (χ4v) is 2.85. The first-order valence-electron chi connectivity index (χ1n) is 8.05. The van der Waals surface area contributed by atoms with Gasteiger partial charge in [-0.05, 0) is 30.3 Å². The zero-order chi connectivity index (χ0) is 17.1. The maximum absolute atomic E-state index is 12.7. The van der Waals surface area contributed by atoms with Crippen molar-refractivity contribution in [2.24, 2.45) is 0 Å². The normalized spacial score (nSPS) is 14.6. The summed E-state index contributed by atoms with van der Waals surface area (Å²) in [7, 11) is 3.91. The lowest BCUT2D eigenvalue weighted by molar-refractivity contribution is 0.0532. The predicted molar refractivity (Wildman–Crippen MR) is 93.4 cm³/mol. The van der Waals surface area contributed by atoms with E-state index in [2.05, 4.69) is 4.98 Å². The van der Waals surface area contributed by atoms with E-state index in [1.165, 1.54) is 0 Å². The summed E-state index contributed by atoms with van der Waals surface area (Å²) in [5.74, 6) is 0.00683. The fourth-order valence-electron chi connectivity index (χ4n) is 2.85. The molecule has 2 aromatic rings. The molecule has 126 valence electrons. The Morgan fingerprint density at radius 1 is 0.958 bits per heavy atom. The zero-order valence-corrected chi connectivity index (χ0v) is 14.0. The van der Waals surface area contributed by atoms with Crippen molar-refractivity contribution in [3.05, 3.63) is 53.9 Å². The Bertz CT molecular complexity index is 716. The highest BCUT2D eigenvalue weighted by molar-refractivity contribution is 5.96. The van der Waals surface area contributed by atoms with Gasteiger partial charge in [0.25, 0.3) is 11.8 Å². The molecule has 2 heterocycles. The summed E-state index contributed by atoms with van der Waals surface area (Å²) < 4.78 is 0. The molecule has 0 radical (unpaired) electrons. The molecule has 6 nitrogen and oxygen atoms in total. The highest BCUT2D eigenvalue weighted by Gasteiger charge is 2.25. The number of hydrogen-bond donors (Lipinski definition) is 1. The third-order valence-electron chi connectivity index (χ3n) is 4.29. The highest BCUT2D eigenvalue weighted by Crippen LogP contribution is 2.16. The van der Waals surface area contributed by atoms with Crippen molar-refractivity contribution in [3.63, 3.8) is 0 Å². The van der Waals surface area contributed by atoms with Crippen LogP contribution in [0.15, 0.2) is 42.6 Å².